The maximum Gasteiger partial charge on any atom is -0.0321 e. The van der Waals surface area contributed by atoms with Gasteiger partial charge in [0.2, 0.25) is 0 Å². The standard InChI is InChI=1S/C14H22/c1-2-9-6-10-7-12-11(5-8-3-4-8)14(10)13(9)12/h8-14H,2-7H2,1H3. The lowest BCUT2D eigenvalue weighted by molar-refractivity contribution is 0.0171. The number of hydrogen-bond donors (Lipinski definition) is 0. The van der Waals surface area contributed by atoms with Crippen molar-refractivity contribution < 1.29 is 0 Å². The van der Waals surface area contributed by atoms with Crippen LogP contribution in [0.25, 0.3) is 0 Å². The van der Waals surface area contributed by atoms with E-state index in [0.29, 0.717) is 0 Å². The molecule has 5 rings (SSSR count). The monoisotopic (exact) mass is 190 g/mol. The minimum Gasteiger partial charge on any atom is -0.0651 e. The molecule has 0 saturated heterocycles. The molecule has 0 radical (unpaired) electrons. The molecule has 6 atom stereocenters. The molecule has 5 saturated carbocycles. The highest BCUT2D eigenvalue weighted by molar-refractivity contribution is 5.14. The van der Waals surface area contributed by atoms with Gasteiger partial charge in [-0.15, -0.1) is 0 Å². The normalized spacial score (nSPS) is 58.9. The van der Waals surface area contributed by atoms with Crippen molar-refractivity contribution in [2.75, 3.05) is 0 Å². The van der Waals surface area contributed by atoms with Crippen LogP contribution in [0.3, 0.4) is 0 Å². The van der Waals surface area contributed by atoms with Gasteiger partial charge in [-0.05, 0) is 60.7 Å². The van der Waals surface area contributed by atoms with E-state index in [1.807, 2.05) is 0 Å². The van der Waals surface area contributed by atoms with Crippen molar-refractivity contribution in [2.24, 2.45) is 41.4 Å². The Morgan fingerprint density at radius 1 is 1.07 bits per heavy atom. The van der Waals surface area contributed by atoms with Crippen LogP contribution in [0.2, 0.25) is 0 Å². The Morgan fingerprint density at radius 2 is 1.93 bits per heavy atom. The molecule has 0 aliphatic heterocycles. The van der Waals surface area contributed by atoms with Crippen LogP contribution in [-0.2, 0) is 0 Å². The molecule has 0 heterocycles. The molecule has 0 aromatic heterocycles. The Bertz CT molecular complexity index is 253. The Balaban J connectivity index is 1.50. The average Bonchev–Trinajstić information content (AvgIpc) is 2.76. The van der Waals surface area contributed by atoms with E-state index in [-0.39, 0.29) is 0 Å². The van der Waals surface area contributed by atoms with Gasteiger partial charge < -0.3 is 0 Å². The molecule has 0 aromatic carbocycles. The number of rotatable bonds is 3. The van der Waals surface area contributed by atoms with Crippen LogP contribution in [0.15, 0.2) is 0 Å². The highest BCUT2D eigenvalue weighted by Crippen LogP contribution is 2.72. The predicted octanol–water partition coefficient (Wildman–Crippen LogP) is 3.71. The third-order valence-corrected chi connectivity index (χ3v) is 6.08. The van der Waals surface area contributed by atoms with Gasteiger partial charge in [0.15, 0.2) is 0 Å². The molecule has 14 heavy (non-hydrogen) atoms. The van der Waals surface area contributed by atoms with Gasteiger partial charge in [-0.3, -0.25) is 0 Å². The quantitative estimate of drug-likeness (QED) is 0.636. The SMILES string of the molecule is CCC1CC2CC3C(CC4CC4)C2C13. The van der Waals surface area contributed by atoms with Gasteiger partial charge in [0.05, 0.1) is 0 Å². The van der Waals surface area contributed by atoms with Gasteiger partial charge in [-0.25, -0.2) is 0 Å². The van der Waals surface area contributed by atoms with Crippen LogP contribution in [0.1, 0.15) is 45.4 Å². The third-order valence-electron chi connectivity index (χ3n) is 6.08. The summed E-state index contributed by atoms with van der Waals surface area (Å²) in [6.45, 7) is 2.42. The molecule has 0 spiro atoms. The zero-order valence-electron chi connectivity index (χ0n) is 9.28. The smallest absolute Gasteiger partial charge is 0.0321 e. The first-order valence-corrected chi connectivity index (χ1v) is 6.88. The van der Waals surface area contributed by atoms with E-state index in [4.69, 9.17) is 0 Å². The van der Waals surface area contributed by atoms with E-state index in [0.717, 1.165) is 5.92 Å². The van der Waals surface area contributed by atoms with E-state index in [1.54, 1.807) is 32.1 Å². The molecular weight excluding hydrogens is 168 g/mol. The van der Waals surface area contributed by atoms with Crippen molar-refractivity contribution in [1.82, 2.24) is 0 Å². The fraction of sp³-hybridized carbons (Fsp3) is 1.00. The largest absolute Gasteiger partial charge is 0.0651 e. The Labute approximate surface area is 87.5 Å². The summed E-state index contributed by atoms with van der Waals surface area (Å²) in [7, 11) is 0. The van der Waals surface area contributed by atoms with E-state index < -0.39 is 0 Å². The molecule has 0 nitrogen and oxygen atoms in total. The van der Waals surface area contributed by atoms with Crippen LogP contribution in [0.4, 0.5) is 0 Å². The second-order valence-electron chi connectivity index (χ2n) is 6.56. The van der Waals surface area contributed by atoms with Gasteiger partial charge in [-0.1, -0.05) is 26.2 Å². The maximum atomic E-state index is 2.42. The molecule has 0 amide bonds. The van der Waals surface area contributed by atoms with E-state index in [9.17, 15) is 0 Å². The summed E-state index contributed by atoms with van der Waals surface area (Å²) in [5.74, 6) is 8.40. The lowest BCUT2D eigenvalue weighted by Gasteiger charge is -2.46. The summed E-state index contributed by atoms with van der Waals surface area (Å²) in [6, 6.07) is 0. The van der Waals surface area contributed by atoms with Crippen molar-refractivity contribution >= 4 is 0 Å². The summed E-state index contributed by atoms with van der Waals surface area (Å²) in [6.07, 6.45) is 9.51. The molecular formula is C14H22. The zero-order chi connectivity index (χ0) is 9.28. The molecule has 6 unspecified atom stereocenters. The van der Waals surface area contributed by atoms with Crippen LogP contribution < -0.4 is 0 Å². The minimum absolute atomic E-state index is 1.15. The molecule has 5 aliphatic rings. The maximum absolute atomic E-state index is 2.42. The highest BCUT2D eigenvalue weighted by Gasteiger charge is 2.66. The number of hydrogen-bond acceptors (Lipinski definition) is 0. The highest BCUT2D eigenvalue weighted by atomic mass is 14.7. The minimum atomic E-state index is 1.15. The summed E-state index contributed by atoms with van der Waals surface area (Å²) in [5, 5.41) is 0. The van der Waals surface area contributed by atoms with Crippen molar-refractivity contribution in [3.8, 4) is 0 Å². The Morgan fingerprint density at radius 3 is 2.57 bits per heavy atom. The second kappa shape index (κ2) is 2.57. The van der Waals surface area contributed by atoms with Crippen LogP contribution in [0.5, 0.6) is 0 Å². The molecule has 5 fully saturated rings. The molecule has 78 valence electrons. The first-order valence-electron chi connectivity index (χ1n) is 6.88. The summed E-state index contributed by atoms with van der Waals surface area (Å²) < 4.78 is 0. The van der Waals surface area contributed by atoms with E-state index in [1.165, 1.54) is 41.9 Å². The average molecular weight is 190 g/mol. The van der Waals surface area contributed by atoms with Gasteiger partial charge in [0.25, 0.3) is 0 Å². The van der Waals surface area contributed by atoms with E-state index >= 15 is 0 Å². The lowest BCUT2D eigenvalue weighted by Crippen LogP contribution is -2.41. The topological polar surface area (TPSA) is 0 Å². The van der Waals surface area contributed by atoms with Crippen molar-refractivity contribution in [2.45, 2.75) is 45.4 Å². The van der Waals surface area contributed by atoms with Crippen molar-refractivity contribution in [3.63, 3.8) is 0 Å². The van der Waals surface area contributed by atoms with Crippen LogP contribution in [0, 0.1) is 41.4 Å². The van der Waals surface area contributed by atoms with Crippen molar-refractivity contribution in [1.29, 1.82) is 0 Å². The van der Waals surface area contributed by atoms with Gasteiger partial charge >= 0.3 is 0 Å². The van der Waals surface area contributed by atoms with Gasteiger partial charge in [0.1, 0.15) is 0 Å². The Kier molecular flexibility index (Phi) is 1.50. The molecule has 4 bridgehead atoms. The zero-order valence-corrected chi connectivity index (χ0v) is 9.28. The van der Waals surface area contributed by atoms with Crippen LogP contribution in [-0.4, -0.2) is 0 Å². The molecule has 5 aliphatic carbocycles. The Hall–Kier alpha value is 0. The third kappa shape index (κ3) is 0.864. The fourth-order valence-corrected chi connectivity index (χ4v) is 5.47. The second-order valence-corrected chi connectivity index (χ2v) is 6.56. The summed E-state index contributed by atoms with van der Waals surface area (Å²) >= 11 is 0. The molecule has 0 N–H and O–H groups in total. The summed E-state index contributed by atoms with van der Waals surface area (Å²) in [5.41, 5.74) is 0. The lowest BCUT2D eigenvalue weighted by atomic mass is 9.59. The predicted molar refractivity (Wildman–Crippen MR) is 57.8 cm³/mol. The fourth-order valence-electron chi connectivity index (χ4n) is 5.47. The first kappa shape index (κ1) is 8.19. The van der Waals surface area contributed by atoms with Crippen LogP contribution >= 0.6 is 0 Å². The van der Waals surface area contributed by atoms with E-state index in [2.05, 4.69) is 6.92 Å². The van der Waals surface area contributed by atoms with Crippen molar-refractivity contribution in [3.05, 3.63) is 0 Å². The molecule has 0 aromatic rings. The summed E-state index contributed by atoms with van der Waals surface area (Å²) in [4.78, 5) is 0. The first-order chi connectivity index (χ1) is 6.88. The van der Waals surface area contributed by atoms with Gasteiger partial charge in [0, 0.05) is 0 Å². The van der Waals surface area contributed by atoms with Gasteiger partial charge in [-0.2, -0.15) is 0 Å². The molecule has 0 heteroatoms.